The van der Waals surface area contributed by atoms with Gasteiger partial charge in [-0.25, -0.2) is 0 Å². The molecule has 32 heavy (non-hydrogen) atoms. The van der Waals surface area contributed by atoms with E-state index in [1.165, 1.54) is 0 Å². The lowest BCUT2D eigenvalue weighted by atomic mass is 10.1. The van der Waals surface area contributed by atoms with Gasteiger partial charge < -0.3 is 19.4 Å². The van der Waals surface area contributed by atoms with E-state index < -0.39 is 0 Å². The van der Waals surface area contributed by atoms with Gasteiger partial charge in [-0.3, -0.25) is 4.79 Å². The molecule has 0 radical (unpaired) electrons. The SMILES string of the molecule is COc1ccc(-n2c(CCC(=O)NCCCOC(C)C)ccc2-c2ccc(Cl)cc2)cc1. The first-order valence-corrected chi connectivity index (χ1v) is 11.3. The van der Waals surface area contributed by atoms with Crippen LogP contribution in [0.1, 0.15) is 32.4 Å². The highest BCUT2D eigenvalue weighted by Gasteiger charge is 2.14. The Morgan fingerprint density at radius 2 is 1.75 bits per heavy atom. The summed E-state index contributed by atoms with van der Waals surface area (Å²) in [5.74, 6) is 0.849. The van der Waals surface area contributed by atoms with Crippen LogP contribution in [0.5, 0.6) is 5.75 Å². The summed E-state index contributed by atoms with van der Waals surface area (Å²) in [6, 6.07) is 19.9. The first-order valence-electron chi connectivity index (χ1n) is 11.0. The van der Waals surface area contributed by atoms with E-state index in [0.717, 1.165) is 34.8 Å². The van der Waals surface area contributed by atoms with Crippen molar-refractivity contribution in [1.29, 1.82) is 0 Å². The highest BCUT2D eigenvalue weighted by atomic mass is 35.5. The van der Waals surface area contributed by atoms with E-state index in [0.29, 0.717) is 31.0 Å². The molecular weight excluding hydrogens is 424 g/mol. The monoisotopic (exact) mass is 454 g/mol. The minimum absolute atomic E-state index is 0.0464. The van der Waals surface area contributed by atoms with Crippen LogP contribution < -0.4 is 10.1 Å². The fourth-order valence-corrected chi connectivity index (χ4v) is 3.63. The molecule has 6 heteroatoms. The number of halogens is 1. The molecule has 1 heterocycles. The van der Waals surface area contributed by atoms with Crippen molar-refractivity contribution in [3.8, 4) is 22.7 Å². The number of amides is 1. The summed E-state index contributed by atoms with van der Waals surface area (Å²) in [6.45, 7) is 5.30. The molecule has 1 amide bonds. The number of carbonyl (C=O) groups excluding carboxylic acids is 1. The number of aromatic nitrogens is 1. The van der Waals surface area contributed by atoms with E-state index in [2.05, 4.69) is 22.0 Å². The molecule has 1 N–H and O–H groups in total. The van der Waals surface area contributed by atoms with E-state index in [9.17, 15) is 4.79 Å². The number of ether oxygens (including phenoxy) is 2. The lowest BCUT2D eigenvalue weighted by Gasteiger charge is -2.15. The molecule has 5 nitrogen and oxygen atoms in total. The molecule has 3 aromatic rings. The molecule has 0 aliphatic heterocycles. The Morgan fingerprint density at radius 1 is 1.03 bits per heavy atom. The largest absolute Gasteiger partial charge is 0.497 e. The minimum atomic E-state index is 0.0464. The summed E-state index contributed by atoms with van der Waals surface area (Å²) >= 11 is 6.08. The van der Waals surface area contributed by atoms with Gasteiger partial charge in [0.2, 0.25) is 5.91 Å². The van der Waals surface area contributed by atoms with Crippen LogP contribution in [0.3, 0.4) is 0 Å². The normalized spacial score (nSPS) is 11.0. The summed E-state index contributed by atoms with van der Waals surface area (Å²) in [7, 11) is 1.66. The summed E-state index contributed by atoms with van der Waals surface area (Å²) in [6.07, 6.45) is 2.08. The molecular formula is C26H31ClN2O3. The number of carbonyl (C=O) groups is 1. The van der Waals surface area contributed by atoms with Crippen LogP contribution >= 0.6 is 11.6 Å². The van der Waals surface area contributed by atoms with Crippen LogP contribution in [-0.2, 0) is 16.0 Å². The molecule has 0 atom stereocenters. The van der Waals surface area contributed by atoms with Crippen molar-refractivity contribution in [1.82, 2.24) is 9.88 Å². The number of benzene rings is 2. The quantitative estimate of drug-likeness (QED) is 0.380. The van der Waals surface area contributed by atoms with Gasteiger partial charge in [-0.05, 0) is 80.8 Å². The van der Waals surface area contributed by atoms with Crippen LogP contribution in [0.2, 0.25) is 5.02 Å². The van der Waals surface area contributed by atoms with Crippen molar-refractivity contribution in [3.05, 3.63) is 71.4 Å². The van der Waals surface area contributed by atoms with Gasteiger partial charge in [0.1, 0.15) is 5.75 Å². The van der Waals surface area contributed by atoms with Gasteiger partial charge in [0.25, 0.3) is 0 Å². The van der Waals surface area contributed by atoms with Crippen LogP contribution in [0.4, 0.5) is 0 Å². The number of hydrogen-bond donors (Lipinski definition) is 1. The first-order chi connectivity index (χ1) is 15.5. The van der Waals surface area contributed by atoms with Crippen LogP contribution in [-0.4, -0.2) is 36.8 Å². The molecule has 1 aromatic heterocycles. The molecule has 0 saturated heterocycles. The summed E-state index contributed by atoms with van der Waals surface area (Å²) < 4.78 is 13.0. The standard InChI is InChI=1S/C26H31ClN2O3/c1-19(2)32-18-4-17-28-26(30)16-12-23-11-15-25(20-5-7-21(27)8-6-20)29(23)22-9-13-24(31-3)14-10-22/h5-11,13-15,19H,4,12,16-18H2,1-3H3,(H,28,30). The number of rotatable bonds is 11. The second kappa shape index (κ2) is 11.7. The number of nitrogens with one attached hydrogen (secondary N) is 1. The Balaban J connectivity index is 1.74. The molecule has 0 unspecified atom stereocenters. The van der Waals surface area contributed by atoms with Gasteiger partial charge in [-0.2, -0.15) is 0 Å². The summed E-state index contributed by atoms with van der Waals surface area (Å²) in [5.41, 5.74) is 4.19. The highest BCUT2D eigenvalue weighted by Crippen LogP contribution is 2.29. The number of methoxy groups -OCH3 is 1. The van der Waals surface area contributed by atoms with E-state index >= 15 is 0 Å². The molecule has 170 valence electrons. The third-order valence-corrected chi connectivity index (χ3v) is 5.39. The molecule has 0 spiro atoms. The Labute approximate surface area is 195 Å². The third-order valence-electron chi connectivity index (χ3n) is 5.13. The van der Waals surface area contributed by atoms with E-state index in [1.54, 1.807) is 7.11 Å². The first kappa shape index (κ1) is 23.9. The minimum Gasteiger partial charge on any atom is -0.497 e. The second-order valence-corrected chi connectivity index (χ2v) is 8.31. The Hall–Kier alpha value is -2.76. The zero-order valence-corrected chi connectivity index (χ0v) is 19.7. The Kier molecular flexibility index (Phi) is 8.77. The van der Waals surface area contributed by atoms with Crippen molar-refractivity contribution in [2.24, 2.45) is 0 Å². The van der Waals surface area contributed by atoms with Gasteiger partial charge in [0.05, 0.1) is 18.9 Å². The van der Waals surface area contributed by atoms with Crippen LogP contribution in [0.25, 0.3) is 16.9 Å². The summed E-state index contributed by atoms with van der Waals surface area (Å²) in [4.78, 5) is 12.4. The van der Waals surface area contributed by atoms with E-state index in [-0.39, 0.29) is 12.0 Å². The maximum atomic E-state index is 12.4. The van der Waals surface area contributed by atoms with Crippen LogP contribution in [0, 0.1) is 0 Å². The maximum absolute atomic E-state index is 12.4. The molecule has 0 bridgehead atoms. The van der Waals surface area contributed by atoms with Crippen molar-refractivity contribution in [2.75, 3.05) is 20.3 Å². The zero-order chi connectivity index (χ0) is 22.9. The van der Waals surface area contributed by atoms with Gasteiger partial charge in [-0.1, -0.05) is 23.7 Å². The van der Waals surface area contributed by atoms with Crippen molar-refractivity contribution in [3.63, 3.8) is 0 Å². The molecule has 0 saturated carbocycles. The predicted octanol–water partition coefficient (Wildman–Crippen LogP) is 5.67. The molecule has 0 aliphatic rings. The average Bonchev–Trinajstić information content (AvgIpc) is 3.21. The maximum Gasteiger partial charge on any atom is 0.220 e. The number of nitrogens with zero attached hydrogens (tertiary/aromatic N) is 1. The van der Waals surface area contributed by atoms with E-state index in [4.69, 9.17) is 21.1 Å². The lowest BCUT2D eigenvalue weighted by molar-refractivity contribution is -0.121. The Morgan fingerprint density at radius 3 is 2.41 bits per heavy atom. The predicted molar refractivity (Wildman–Crippen MR) is 130 cm³/mol. The van der Waals surface area contributed by atoms with Crippen LogP contribution in [0.15, 0.2) is 60.7 Å². The summed E-state index contributed by atoms with van der Waals surface area (Å²) in [5, 5.41) is 3.69. The number of aryl methyl sites for hydroxylation is 1. The fraction of sp³-hybridized carbons (Fsp3) is 0.346. The molecule has 3 rings (SSSR count). The smallest absolute Gasteiger partial charge is 0.220 e. The lowest BCUT2D eigenvalue weighted by Crippen LogP contribution is -2.26. The zero-order valence-electron chi connectivity index (χ0n) is 18.9. The van der Waals surface area contributed by atoms with Crippen molar-refractivity contribution < 1.29 is 14.3 Å². The van der Waals surface area contributed by atoms with Gasteiger partial charge in [-0.15, -0.1) is 0 Å². The third kappa shape index (κ3) is 6.62. The number of hydrogen-bond acceptors (Lipinski definition) is 3. The average molecular weight is 455 g/mol. The van der Waals surface area contributed by atoms with Crippen molar-refractivity contribution in [2.45, 2.75) is 39.2 Å². The van der Waals surface area contributed by atoms with Gasteiger partial charge in [0, 0.05) is 36.0 Å². The van der Waals surface area contributed by atoms with Crippen molar-refractivity contribution >= 4 is 17.5 Å². The second-order valence-electron chi connectivity index (χ2n) is 7.87. The van der Waals surface area contributed by atoms with E-state index in [1.807, 2.05) is 62.4 Å². The molecule has 0 aliphatic carbocycles. The molecule has 0 fully saturated rings. The Bertz CT molecular complexity index is 995. The highest BCUT2D eigenvalue weighted by molar-refractivity contribution is 6.30. The van der Waals surface area contributed by atoms with Gasteiger partial charge in [0.15, 0.2) is 0 Å². The van der Waals surface area contributed by atoms with Gasteiger partial charge >= 0.3 is 0 Å². The molecule has 2 aromatic carbocycles. The fourth-order valence-electron chi connectivity index (χ4n) is 3.51. The topological polar surface area (TPSA) is 52.5 Å².